The van der Waals surface area contributed by atoms with Gasteiger partial charge >= 0.3 is 6.03 Å². The van der Waals surface area contributed by atoms with Gasteiger partial charge in [0.2, 0.25) is 0 Å². The second-order valence-electron chi connectivity index (χ2n) is 6.57. The molecule has 4 N–H and O–H groups in total. The van der Waals surface area contributed by atoms with E-state index in [4.69, 9.17) is 0 Å². The summed E-state index contributed by atoms with van der Waals surface area (Å²) in [6.07, 6.45) is 1.06. The van der Waals surface area contributed by atoms with E-state index in [1.54, 1.807) is 24.3 Å². The second-order valence-corrected chi connectivity index (χ2v) is 6.57. The van der Waals surface area contributed by atoms with Gasteiger partial charge in [0.25, 0.3) is 5.91 Å². The minimum atomic E-state index is -0.324. The standard InChI is InChI=1S/C20H24N4O2.ClH/c1-14-11-12-21-13-18(14)24-19(25)15-7-9-17(10-8-15)23-20(26)22-16-5-3-2-4-6-16;/h2-10,14,18,21H,11-13H2,1H3,(H,24,25)(H2,22,23,26);1H. The summed E-state index contributed by atoms with van der Waals surface area (Å²) in [5.74, 6) is 0.369. The van der Waals surface area contributed by atoms with Gasteiger partial charge in [-0.05, 0) is 55.3 Å². The van der Waals surface area contributed by atoms with Gasteiger partial charge in [-0.3, -0.25) is 4.79 Å². The molecule has 0 radical (unpaired) electrons. The highest BCUT2D eigenvalue weighted by Gasteiger charge is 2.22. The van der Waals surface area contributed by atoms with Gasteiger partial charge in [0.15, 0.2) is 0 Å². The van der Waals surface area contributed by atoms with E-state index in [0.717, 1.165) is 25.2 Å². The smallest absolute Gasteiger partial charge is 0.323 e. The molecule has 0 bridgehead atoms. The Balaban J connectivity index is 0.00000261. The molecule has 1 aliphatic heterocycles. The third kappa shape index (κ3) is 5.98. The first-order chi connectivity index (χ1) is 12.6. The number of anilines is 2. The van der Waals surface area contributed by atoms with Crippen molar-refractivity contribution in [3.63, 3.8) is 0 Å². The second kappa shape index (κ2) is 9.94. The zero-order valence-corrected chi connectivity index (χ0v) is 16.0. The summed E-state index contributed by atoms with van der Waals surface area (Å²) in [6, 6.07) is 15.9. The average molecular weight is 389 g/mol. The summed E-state index contributed by atoms with van der Waals surface area (Å²) in [4.78, 5) is 24.4. The van der Waals surface area contributed by atoms with Crippen LogP contribution in [0.2, 0.25) is 0 Å². The van der Waals surface area contributed by atoms with Crippen LogP contribution in [0, 0.1) is 5.92 Å². The van der Waals surface area contributed by atoms with E-state index >= 15 is 0 Å². The number of hydrogen-bond acceptors (Lipinski definition) is 3. The number of hydrogen-bond donors (Lipinski definition) is 4. The molecule has 7 heteroatoms. The van der Waals surface area contributed by atoms with Crippen molar-refractivity contribution in [3.8, 4) is 0 Å². The van der Waals surface area contributed by atoms with Crippen LogP contribution in [0.25, 0.3) is 0 Å². The van der Waals surface area contributed by atoms with E-state index in [9.17, 15) is 9.59 Å². The molecule has 2 aromatic rings. The van der Waals surface area contributed by atoms with Crippen molar-refractivity contribution in [2.45, 2.75) is 19.4 Å². The number of carbonyl (C=O) groups excluding carboxylic acids is 2. The number of rotatable bonds is 4. The molecule has 2 unspecified atom stereocenters. The van der Waals surface area contributed by atoms with Gasteiger partial charge in [-0.1, -0.05) is 25.1 Å². The molecule has 0 spiro atoms. The summed E-state index contributed by atoms with van der Waals surface area (Å²) >= 11 is 0. The maximum Gasteiger partial charge on any atom is 0.323 e. The van der Waals surface area contributed by atoms with Crippen LogP contribution >= 0.6 is 12.4 Å². The summed E-state index contributed by atoms with van der Waals surface area (Å²) in [5, 5.41) is 11.9. The highest BCUT2D eigenvalue weighted by Crippen LogP contribution is 2.14. The fourth-order valence-corrected chi connectivity index (χ4v) is 2.95. The van der Waals surface area contributed by atoms with Crippen molar-refractivity contribution in [1.29, 1.82) is 0 Å². The molecule has 0 saturated carbocycles. The predicted octanol–water partition coefficient (Wildman–Crippen LogP) is 3.48. The summed E-state index contributed by atoms with van der Waals surface area (Å²) in [7, 11) is 0. The zero-order valence-electron chi connectivity index (χ0n) is 15.2. The number of carbonyl (C=O) groups is 2. The monoisotopic (exact) mass is 388 g/mol. The van der Waals surface area contributed by atoms with Crippen LogP contribution in [-0.2, 0) is 0 Å². The number of amides is 3. The van der Waals surface area contributed by atoms with Crippen LogP contribution < -0.4 is 21.3 Å². The quantitative estimate of drug-likeness (QED) is 0.647. The van der Waals surface area contributed by atoms with Gasteiger partial charge in [0, 0.05) is 29.5 Å². The van der Waals surface area contributed by atoms with Crippen molar-refractivity contribution in [3.05, 3.63) is 60.2 Å². The highest BCUT2D eigenvalue weighted by molar-refractivity contribution is 6.00. The first-order valence-electron chi connectivity index (χ1n) is 8.86. The minimum Gasteiger partial charge on any atom is -0.348 e. The van der Waals surface area contributed by atoms with Crippen molar-refractivity contribution >= 4 is 35.7 Å². The fourth-order valence-electron chi connectivity index (χ4n) is 2.95. The molecule has 1 fully saturated rings. The third-order valence-electron chi connectivity index (χ3n) is 4.58. The SMILES string of the molecule is CC1CCNCC1NC(=O)c1ccc(NC(=O)Nc2ccccc2)cc1.Cl. The summed E-state index contributed by atoms with van der Waals surface area (Å²) < 4.78 is 0. The lowest BCUT2D eigenvalue weighted by Gasteiger charge is -2.30. The van der Waals surface area contributed by atoms with Crippen LogP contribution in [0.5, 0.6) is 0 Å². The molecule has 1 saturated heterocycles. The molecule has 1 heterocycles. The van der Waals surface area contributed by atoms with Crippen LogP contribution in [0.1, 0.15) is 23.7 Å². The van der Waals surface area contributed by atoms with E-state index < -0.39 is 0 Å². The Kier molecular flexibility index (Phi) is 7.64. The van der Waals surface area contributed by atoms with Crippen LogP contribution in [-0.4, -0.2) is 31.1 Å². The summed E-state index contributed by atoms with van der Waals surface area (Å²) in [5.41, 5.74) is 1.93. The lowest BCUT2D eigenvalue weighted by atomic mass is 9.94. The first-order valence-corrected chi connectivity index (χ1v) is 8.86. The van der Waals surface area contributed by atoms with E-state index in [1.807, 2.05) is 30.3 Å². The zero-order chi connectivity index (χ0) is 18.4. The van der Waals surface area contributed by atoms with E-state index in [0.29, 0.717) is 17.2 Å². The van der Waals surface area contributed by atoms with Gasteiger partial charge in [0.05, 0.1) is 0 Å². The van der Waals surface area contributed by atoms with E-state index in [-0.39, 0.29) is 30.4 Å². The van der Waals surface area contributed by atoms with Crippen molar-refractivity contribution in [2.75, 3.05) is 23.7 Å². The molecule has 3 amide bonds. The Morgan fingerprint density at radius 2 is 1.59 bits per heavy atom. The van der Waals surface area contributed by atoms with Crippen molar-refractivity contribution < 1.29 is 9.59 Å². The Morgan fingerprint density at radius 1 is 0.963 bits per heavy atom. The van der Waals surface area contributed by atoms with Gasteiger partial charge < -0.3 is 21.3 Å². The third-order valence-corrected chi connectivity index (χ3v) is 4.58. The Morgan fingerprint density at radius 3 is 2.22 bits per heavy atom. The molecule has 2 aromatic carbocycles. The Labute approximate surface area is 165 Å². The maximum absolute atomic E-state index is 12.4. The highest BCUT2D eigenvalue weighted by atomic mass is 35.5. The average Bonchev–Trinajstić information content (AvgIpc) is 2.65. The molecular weight excluding hydrogens is 364 g/mol. The molecule has 1 aliphatic rings. The van der Waals surface area contributed by atoms with Gasteiger partial charge in [-0.15, -0.1) is 12.4 Å². The lowest BCUT2D eigenvalue weighted by molar-refractivity contribution is 0.0915. The van der Waals surface area contributed by atoms with E-state index in [2.05, 4.69) is 28.2 Å². The number of urea groups is 1. The summed E-state index contributed by atoms with van der Waals surface area (Å²) in [6.45, 7) is 3.95. The van der Waals surface area contributed by atoms with E-state index in [1.165, 1.54) is 0 Å². The topological polar surface area (TPSA) is 82.3 Å². The van der Waals surface area contributed by atoms with Crippen LogP contribution in [0.3, 0.4) is 0 Å². The molecule has 0 aromatic heterocycles. The number of halogens is 1. The van der Waals surface area contributed by atoms with Crippen molar-refractivity contribution in [2.24, 2.45) is 5.92 Å². The molecule has 27 heavy (non-hydrogen) atoms. The number of benzene rings is 2. The Bertz CT molecular complexity index is 752. The molecular formula is C20H25ClN4O2. The number of piperidine rings is 1. The van der Waals surface area contributed by atoms with Gasteiger partial charge in [-0.25, -0.2) is 4.79 Å². The predicted molar refractivity (Wildman–Crippen MR) is 111 cm³/mol. The lowest BCUT2D eigenvalue weighted by Crippen LogP contribution is -2.50. The minimum absolute atomic E-state index is 0. The van der Waals surface area contributed by atoms with Gasteiger partial charge in [0.1, 0.15) is 0 Å². The molecule has 144 valence electrons. The maximum atomic E-state index is 12.4. The van der Waals surface area contributed by atoms with Gasteiger partial charge in [-0.2, -0.15) is 0 Å². The Hall–Kier alpha value is -2.57. The normalized spacial score (nSPS) is 18.7. The fraction of sp³-hybridized carbons (Fsp3) is 0.300. The number of nitrogens with one attached hydrogen (secondary N) is 4. The number of para-hydroxylation sites is 1. The molecule has 3 rings (SSSR count). The first kappa shape index (κ1) is 20.7. The molecule has 0 aliphatic carbocycles. The largest absolute Gasteiger partial charge is 0.348 e. The van der Waals surface area contributed by atoms with Crippen molar-refractivity contribution in [1.82, 2.24) is 10.6 Å². The van der Waals surface area contributed by atoms with Crippen LogP contribution in [0.4, 0.5) is 16.2 Å². The van der Waals surface area contributed by atoms with Crippen LogP contribution in [0.15, 0.2) is 54.6 Å². The molecule has 6 nitrogen and oxygen atoms in total. The molecule has 2 atom stereocenters.